The molecule has 6 heteroatoms. The molecule has 1 N–H and O–H groups in total. The Morgan fingerprint density at radius 3 is 2.80 bits per heavy atom. The van der Waals surface area contributed by atoms with Crippen LogP contribution in [-0.4, -0.2) is 26.3 Å². The normalized spacial score (nSPS) is 9.30. The molecule has 1 aromatic rings. The molecular weight excluding hydrogens is 158 g/mol. The van der Waals surface area contributed by atoms with Gasteiger partial charge in [-0.2, -0.15) is 0 Å². The van der Waals surface area contributed by atoms with Crippen molar-refractivity contribution < 1.29 is 9.90 Å². The van der Waals surface area contributed by atoms with E-state index in [4.69, 9.17) is 16.7 Å². The molecule has 5 nitrogen and oxygen atoms in total. The molecule has 10 heavy (non-hydrogen) atoms. The van der Waals surface area contributed by atoms with E-state index in [9.17, 15) is 4.79 Å². The third-order valence-electron chi connectivity index (χ3n) is 0.782. The van der Waals surface area contributed by atoms with E-state index in [0.29, 0.717) is 0 Å². The fourth-order valence-electron chi connectivity index (χ4n) is 0.404. The van der Waals surface area contributed by atoms with Crippen LogP contribution in [0.4, 0.5) is 0 Å². The number of hydrogen-bond donors (Lipinski definition) is 1. The molecule has 0 aliphatic carbocycles. The van der Waals surface area contributed by atoms with Gasteiger partial charge in [-0.1, -0.05) is 11.6 Å². The molecule has 0 radical (unpaired) electrons. The van der Waals surface area contributed by atoms with Crippen molar-refractivity contribution >= 4 is 17.6 Å². The number of carbonyl (C=O) groups is 1. The number of rotatable bonds is 1. The minimum atomic E-state index is -1.21. The Morgan fingerprint density at radius 1 is 1.70 bits per heavy atom. The zero-order valence-electron chi connectivity index (χ0n) is 4.65. The summed E-state index contributed by atoms with van der Waals surface area (Å²) in [4.78, 5) is 13.6. The number of nitrogens with zero attached hydrogens (tertiary/aromatic N) is 3. The van der Waals surface area contributed by atoms with Gasteiger partial charge in [0.2, 0.25) is 0 Å². The SMILES string of the molecule is O=C(O)c1ncnnc1Cl. The molecule has 0 saturated heterocycles. The summed E-state index contributed by atoms with van der Waals surface area (Å²) in [5, 5.41) is 14.7. The Balaban J connectivity index is 3.15. The van der Waals surface area contributed by atoms with Gasteiger partial charge in [-0.25, -0.2) is 9.78 Å². The quantitative estimate of drug-likeness (QED) is 0.635. The van der Waals surface area contributed by atoms with Crippen molar-refractivity contribution in [2.24, 2.45) is 0 Å². The molecule has 1 heterocycles. The second-order valence-corrected chi connectivity index (χ2v) is 1.76. The van der Waals surface area contributed by atoms with Gasteiger partial charge in [0.25, 0.3) is 0 Å². The highest BCUT2D eigenvalue weighted by atomic mass is 35.5. The Morgan fingerprint density at radius 2 is 2.40 bits per heavy atom. The number of aromatic nitrogens is 3. The summed E-state index contributed by atoms with van der Waals surface area (Å²) in [6.07, 6.45) is 1.02. The van der Waals surface area contributed by atoms with Crippen LogP contribution in [-0.2, 0) is 0 Å². The van der Waals surface area contributed by atoms with Crippen LogP contribution in [0.25, 0.3) is 0 Å². The maximum atomic E-state index is 10.2. The van der Waals surface area contributed by atoms with E-state index in [0.717, 1.165) is 6.33 Å². The van der Waals surface area contributed by atoms with Gasteiger partial charge in [-0.05, 0) is 0 Å². The lowest BCUT2D eigenvalue weighted by atomic mass is 10.5. The van der Waals surface area contributed by atoms with Crippen LogP contribution < -0.4 is 0 Å². The van der Waals surface area contributed by atoms with Gasteiger partial charge in [0.1, 0.15) is 6.33 Å². The highest BCUT2D eigenvalue weighted by Crippen LogP contribution is 2.05. The van der Waals surface area contributed by atoms with Crippen molar-refractivity contribution in [3.63, 3.8) is 0 Å². The van der Waals surface area contributed by atoms with Gasteiger partial charge in [0.05, 0.1) is 0 Å². The predicted molar refractivity (Wildman–Crippen MR) is 31.8 cm³/mol. The van der Waals surface area contributed by atoms with Crippen LogP contribution in [0.5, 0.6) is 0 Å². The largest absolute Gasteiger partial charge is 0.476 e. The first-order chi connectivity index (χ1) is 4.72. The smallest absolute Gasteiger partial charge is 0.357 e. The number of aromatic carboxylic acids is 1. The molecule has 0 aliphatic heterocycles. The van der Waals surface area contributed by atoms with Crippen molar-refractivity contribution in [3.05, 3.63) is 17.2 Å². The van der Waals surface area contributed by atoms with E-state index in [-0.39, 0.29) is 10.8 Å². The molecule has 52 valence electrons. The predicted octanol–water partition coefficient (Wildman–Crippen LogP) is 0.223. The standard InChI is InChI=1S/C4H2ClN3O2/c5-3-2(4(9)10)6-1-7-8-3/h1H,(H,9,10). The van der Waals surface area contributed by atoms with Gasteiger partial charge >= 0.3 is 5.97 Å². The zero-order valence-corrected chi connectivity index (χ0v) is 5.41. The van der Waals surface area contributed by atoms with Crippen LogP contribution in [0.2, 0.25) is 5.15 Å². The summed E-state index contributed by atoms with van der Waals surface area (Å²) >= 11 is 5.30. The molecule has 0 fully saturated rings. The number of carboxylic acid groups (broad SMARTS) is 1. The first-order valence-corrected chi connectivity index (χ1v) is 2.66. The van der Waals surface area contributed by atoms with E-state index in [1.165, 1.54) is 0 Å². The molecule has 0 unspecified atom stereocenters. The monoisotopic (exact) mass is 159 g/mol. The third kappa shape index (κ3) is 1.19. The second kappa shape index (κ2) is 2.57. The van der Waals surface area contributed by atoms with E-state index >= 15 is 0 Å². The van der Waals surface area contributed by atoms with Crippen molar-refractivity contribution in [3.8, 4) is 0 Å². The Kier molecular flexibility index (Phi) is 1.77. The molecule has 1 aromatic heterocycles. The first-order valence-electron chi connectivity index (χ1n) is 2.28. The highest BCUT2D eigenvalue weighted by molar-refractivity contribution is 6.31. The summed E-state index contributed by atoms with van der Waals surface area (Å²) in [7, 11) is 0. The van der Waals surface area contributed by atoms with Crippen molar-refractivity contribution in [2.45, 2.75) is 0 Å². The lowest BCUT2D eigenvalue weighted by Gasteiger charge is -1.90. The van der Waals surface area contributed by atoms with Gasteiger partial charge in [0, 0.05) is 0 Å². The maximum absolute atomic E-state index is 10.2. The molecule has 0 aromatic carbocycles. The van der Waals surface area contributed by atoms with Crippen molar-refractivity contribution in [1.82, 2.24) is 15.2 Å². The zero-order chi connectivity index (χ0) is 7.56. The average Bonchev–Trinajstić information content (AvgIpc) is 1.88. The van der Waals surface area contributed by atoms with E-state index < -0.39 is 5.97 Å². The minimum absolute atomic E-state index is 0.199. The fourth-order valence-corrected chi connectivity index (χ4v) is 0.577. The molecule has 0 amide bonds. The average molecular weight is 160 g/mol. The summed E-state index contributed by atoms with van der Waals surface area (Å²) in [6, 6.07) is 0. The summed E-state index contributed by atoms with van der Waals surface area (Å²) in [6.45, 7) is 0. The van der Waals surface area contributed by atoms with E-state index in [1.807, 2.05) is 0 Å². The second-order valence-electron chi connectivity index (χ2n) is 1.40. The highest BCUT2D eigenvalue weighted by Gasteiger charge is 2.09. The Bertz CT molecular complexity index is 264. The topological polar surface area (TPSA) is 76.0 Å². The van der Waals surface area contributed by atoms with Crippen LogP contribution in [0.1, 0.15) is 10.5 Å². The first kappa shape index (κ1) is 6.88. The minimum Gasteiger partial charge on any atom is -0.476 e. The maximum Gasteiger partial charge on any atom is 0.357 e. The molecule has 0 atom stereocenters. The van der Waals surface area contributed by atoms with Crippen LogP contribution in [0.3, 0.4) is 0 Å². The number of carboxylic acids is 1. The molecule has 0 aliphatic rings. The van der Waals surface area contributed by atoms with Crippen LogP contribution in [0, 0.1) is 0 Å². The fraction of sp³-hybridized carbons (Fsp3) is 0. The summed E-state index contributed by atoms with van der Waals surface area (Å²) in [5.41, 5.74) is -0.281. The third-order valence-corrected chi connectivity index (χ3v) is 1.04. The summed E-state index contributed by atoms with van der Waals surface area (Å²) < 4.78 is 0. The van der Waals surface area contributed by atoms with E-state index in [1.54, 1.807) is 0 Å². The van der Waals surface area contributed by atoms with Crippen LogP contribution in [0.15, 0.2) is 6.33 Å². The molecule has 1 rings (SSSR count). The lowest BCUT2D eigenvalue weighted by molar-refractivity contribution is 0.0690. The summed E-state index contributed by atoms with van der Waals surface area (Å²) in [5.74, 6) is -1.21. The molecule has 0 spiro atoms. The van der Waals surface area contributed by atoms with Gasteiger partial charge in [-0.3, -0.25) is 0 Å². The van der Waals surface area contributed by atoms with Crippen molar-refractivity contribution in [2.75, 3.05) is 0 Å². The Labute approximate surface area is 60.7 Å². The van der Waals surface area contributed by atoms with Crippen molar-refractivity contribution in [1.29, 1.82) is 0 Å². The van der Waals surface area contributed by atoms with Gasteiger partial charge in [0.15, 0.2) is 10.8 Å². The Hall–Kier alpha value is -1.23. The number of halogens is 1. The van der Waals surface area contributed by atoms with E-state index in [2.05, 4.69) is 15.2 Å². The molecular formula is C4H2ClN3O2. The lowest BCUT2D eigenvalue weighted by Crippen LogP contribution is -2.03. The molecule has 0 saturated carbocycles. The molecule has 0 bridgehead atoms. The number of hydrogen-bond acceptors (Lipinski definition) is 4. The van der Waals surface area contributed by atoms with Crippen LogP contribution >= 0.6 is 11.6 Å². The van der Waals surface area contributed by atoms with Gasteiger partial charge < -0.3 is 5.11 Å². The van der Waals surface area contributed by atoms with Gasteiger partial charge in [-0.15, -0.1) is 10.2 Å².